The van der Waals surface area contributed by atoms with Crippen molar-refractivity contribution in [3.8, 4) is 5.75 Å². The first-order valence-corrected chi connectivity index (χ1v) is 8.46. The monoisotopic (exact) mass is 334 g/mol. The molecule has 1 aromatic heterocycles. The zero-order chi connectivity index (χ0) is 17.6. The number of para-hydroxylation sites is 1. The maximum Gasteiger partial charge on any atom is 0.251 e. The number of carbonyl (C=O) groups excluding carboxylic acids is 1. The quantitative estimate of drug-likeness (QED) is 0.692. The van der Waals surface area contributed by atoms with E-state index in [-0.39, 0.29) is 5.91 Å². The van der Waals surface area contributed by atoms with E-state index < -0.39 is 0 Å². The summed E-state index contributed by atoms with van der Waals surface area (Å²) in [4.78, 5) is 16.6. The first kappa shape index (κ1) is 17.0. The summed E-state index contributed by atoms with van der Waals surface area (Å²) in [5, 5.41) is 4.00. The van der Waals surface area contributed by atoms with Crippen LogP contribution in [0, 0.1) is 13.8 Å². The van der Waals surface area contributed by atoms with Gasteiger partial charge in [-0.05, 0) is 44.5 Å². The highest BCUT2D eigenvalue weighted by Gasteiger charge is 2.06. The summed E-state index contributed by atoms with van der Waals surface area (Å²) in [5.74, 6) is 0.734. The Morgan fingerprint density at radius 2 is 1.84 bits per heavy atom. The minimum absolute atomic E-state index is 0.0429. The van der Waals surface area contributed by atoms with Gasteiger partial charge in [-0.1, -0.05) is 35.4 Å². The average molecular weight is 334 g/mol. The van der Waals surface area contributed by atoms with E-state index in [2.05, 4.69) is 16.4 Å². The van der Waals surface area contributed by atoms with Gasteiger partial charge >= 0.3 is 0 Å². The van der Waals surface area contributed by atoms with Gasteiger partial charge in [-0.25, -0.2) is 0 Å². The molecule has 0 aliphatic carbocycles. The molecule has 1 amide bonds. The van der Waals surface area contributed by atoms with Crippen LogP contribution in [0.25, 0.3) is 10.9 Å². The molecule has 0 fully saturated rings. The number of carbonyl (C=O) groups is 1. The lowest BCUT2D eigenvalue weighted by molar-refractivity contribution is 0.0951. The number of aryl methyl sites for hydroxylation is 2. The molecule has 0 aliphatic rings. The third kappa shape index (κ3) is 4.35. The van der Waals surface area contributed by atoms with Crippen LogP contribution < -0.4 is 10.1 Å². The van der Waals surface area contributed by atoms with Crippen LogP contribution in [0.15, 0.2) is 54.7 Å². The molecule has 0 spiro atoms. The molecule has 4 heteroatoms. The minimum Gasteiger partial charge on any atom is -0.491 e. The first-order chi connectivity index (χ1) is 12.1. The van der Waals surface area contributed by atoms with Crippen molar-refractivity contribution in [2.75, 3.05) is 13.2 Å². The van der Waals surface area contributed by atoms with Gasteiger partial charge in [0.15, 0.2) is 0 Å². The molecular formula is C21H22N2O2. The predicted molar refractivity (Wildman–Crippen MR) is 100 cm³/mol. The molecule has 3 aromatic rings. The van der Waals surface area contributed by atoms with Gasteiger partial charge in [0.2, 0.25) is 0 Å². The maximum absolute atomic E-state index is 12.2. The Labute approximate surface area is 147 Å². The fourth-order valence-electron chi connectivity index (χ4n) is 2.86. The summed E-state index contributed by atoms with van der Waals surface area (Å²) in [6, 6.07) is 15.7. The van der Waals surface area contributed by atoms with E-state index >= 15 is 0 Å². The number of fused-ring (bicyclic) bond motifs is 1. The Morgan fingerprint density at radius 3 is 2.64 bits per heavy atom. The molecule has 0 saturated heterocycles. The van der Waals surface area contributed by atoms with Gasteiger partial charge in [0, 0.05) is 23.7 Å². The highest BCUT2D eigenvalue weighted by molar-refractivity contribution is 5.94. The second-order valence-corrected chi connectivity index (χ2v) is 6.17. The van der Waals surface area contributed by atoms with Crippen molar-refractivity contribution >= 4 is 16.8 Å². The number of pyridine rings is 1. The molecule has 3 rings (SSSR count). The number of nitrogens with zero attached hydrogens (tertiary/aromatic N) is 1. The molecule has 1 heterocycles. The summed E-state index contributed by atoms with van der Waals surface area (Å²) in [7, 11) is 0. The molecule has 1 N–H and O–H groups in total. The van der Waals surface area contributed by atoms with E-state index in [1.54, 1.807) is 6.20 Å². The lowest BCUT2D eigenvalue weighted by atomic mass is 10.1. The van der Waals surface area contributed by atoms with E-state index in [4.69, 9.17) is 4.74 Å². The second-order valence-electron chi connectivity index (χ2n) is 6.17. The smallest absolute Gasteiger partial charge is 0.251 e. The van der Waals surface area contributed by atoms with Crippen molar-refractivity contribution in [3.05, 3.63) is 71.4 Å². The topological polar surface area (TPSA) is 51.2 Å². The zero-order valence-corrected chi connectivity index (χ0v) is 14.6. The minimum atomic E-state index is -0.0429. The summed E-state index contributed by atoms with van der Waals surface area (Å²) < 4.78 is 5.83. The Bertz CT molecular complexity index is 864. The van der Waals surface area contributed by atoms with Crippen LogP contribution in [-0.2, 0) is 0 Å². The maximum atomic E-state index is 12.2. The molecule has 4 nitrogen and oxygen atoms in total. The summed E-state index contributed by atoms with van der Waals surface area (Å²) in [5.41, 5.74) is 3.76. The van der Waals surface area contributed by atoms with Crippen molar-refractivity contribution in [1.29, 1.82) is 0 Å². The van der Waals surface area contributed by atoms with E-state index in [1.165, 1.54) is 0 Å². The second kappa shape index (κ2) is 7.79. The van der Waals surface area contributed by atoms with Crippen molar-refractivity contribution in [2.24, 2.45) is 0 Å². The molecule has 0 unspecified atom stereocenters. The van der Waals surface area contributed by atoms with Gasteiger partial charge in [0.05, 0.1) is 6.61 Å². The van der Waals surface area contributed by atoms with Gasteiger partial charge in [-0.3, -0.25) is 9.78 Å². The van der Waals surface area contributed by atoms with Crippen LogP contribution in [0.4, 0.5) is 0 Å². The van der Waals surface area contributed by atoms with Crippen LogP contribution in [-0.4, -0.2) is 24.0 Å². The van der Waals surface area contributed by atoms with E-state index in [0.717, 1.165) is 34.2 Å². The van der Waals surface area contributed by atoms with Gasteiger partial charge in [0.25, 0.3) is 5.91 Å². The van der Waals surface area contributed by atoms with Crippen molar-refractivity contribution in [1.82, 2.24) is 10.3 Å². The molecule has 0 radical (unpaired) electrons. The Morgan fingerprint density at radius 1 is 1.08 bits per heavy atom. The SMILES string of the molecule is Cc1cc(C)cc(C(=O)NCCCOc2cccc3cccnc23)c1. The zero-order valence-electron chi connectivity index (χ0n) is 14.6. The van der Waals surface area contributed by atoms with Crippen LogP contribution in [0.3, 0.4) is 0 Å². The first-order valence-electron chi connectivity index (χ1n) is 8.46. The molecule has 25 heavy (non-hydrogen) atoms. The highest BCUT2D eigenvalue weighted by Crippen LogP contribution is 2.22. The van der Waals surface area contributed by atoms with Crippen LogP contribution >= 0.6 is 0 Å². The van der Waals surface area contributed by atoms with Gasteiger partial charge in [-0.2, -0.15) is 0 Å². The number of hydrogen-bond acceptors (Lipinski definition) is 3. The molecule has 0 bridgehead atoms. The lowest BCUT2D eigenvalue weighted by Gasteiger charge is -2.10. The third-order valence-electron chi connectivity index (χ3n) is 3.94. The molecule has 2 aromatic carbocycles. The molecule has 0 atom stereocenters. The highest BCUT2D eigenvalue weighted by atomic mass is 16.5. The molecular weight excluding hydrogens is 312 g/mol. The van der Waals surface area contributed by atoms with Crippen LogP contribution in [0.1, 0.15) is 27.9 Å². The number of rotatable bonds is 6. The van der Waals surface area contributed by atoms with Crippen LogP contribution in [0.5, 0.6) is 5.75 Å². The number of aromatic nitrogens is 1. The summed E-state index contributed by atoms with van der Waals surface area (Å²) in [6.07, 6.45) is 2.50. The van der Waals surface area contributed by atoms with E-state index in [1.807, 2.05) is 56.3 Å². The normalized spacial score (nSPS) is 10.6. The fourth-order valence-corrected chi connectivity index (χ4v) is 2.86. The molecule has 0 saturated carbocycles. The lowest BCUT2D eigenvalue weighted by Crippen LogP contribution is -2.25. The fraction of sp³-hybridized carbons (Fsp3) is 0.238. The van der Waals surface area contributed by atoms with Gasteiger partial charge in [-0.15, -0.1) is 0 Å². The summed E-state index contributed by atoms with van der Waals surface area (Å²) in [6.45, 7) is 5.10. The van der Waals surface area contributed by atoms with Crippen molar-refractivity contribution in [2.45, 2.75) is 20.3 Å². The Hall–Kier alpha value is -2.88. The van der Waals surface area contributed by atoms with Gasteiger partial charge in [0.1, 0.15) is 11.3 Å². The number of amides is 1. The third-order valence-corrected chi connectivity index (χ3v) is 3.94. The molecule has 128 valence electrons. The van der Waals surface area contributed by atoms with E-state index in [0.29, 0.717) is 18.7 Å². The largest absolute Gasteiger partial charge is 0.491 e. The van der Waals surface area contributed by atoms with Gasteiger partial charge < -0.3 is 10.1 Å². The Kier molecular flexibility index (Phi) is 5.29. The number of nitrogens with one attached hydrogen (secondary N) is 1. The average Bonchev–Trinajstić information content (AvgIpc) is 2.60. The Balaban J connectivity index is 1.49. The predicted octanol–water partition coefficient (Wildman–Crippen LogP) is 4.05. The van der Waals surface area contributed by atoms with Crippen LogP contribution in [0.2, 0.25) is 0 Å². The number of hydrogen-bond donors (Lipinski definition) is 1. The van der Waals surface area contributed by atoms with Crippen molar-refractivity contribution < 1.29 is 9.53 Å². The van der Waals surface area contributed by atoms with E-state index in [9.17, 15) is 4.79 Å². The number of ether oxygens (including phenoxy) is 1. The number of benzene rings is 2. The van der Waals surface area contributed by atoms with Crippen molar-refractivity contribution in [3.63, 3.8) is 0 Å². The molecule has 0 aliphatic heterocycles. The standard InChI is InChI=1S/C21H22N2O2/c1-15-12-16(2)14-18(13-15)21(24)23-10-5-11-25-19-8-3-6-17-7-4-9-22-20(17)19/h3-4,6-9,12-14H,5,10-11H2,1-2H3,(H,23,24). The summed E-state index contributed by atoms with van der Waals surface area (Å²) >= 11 is 0.